The quantitative estimate of drug-likeness (QED) is 0.0304. The van der Waals surface area contributed by atoms with E-state index in [1.807, 2.05) is 141 Å². The molecule has 2 N–H and O–H groups in total. The maximum atomic E-state index is 13.9. The Morgan fingerprint density at radius 3 is 1.25 bits per heavy atom. The molecule has 19 nitrogen and oxygen atoms in total. The smallest absolute Gasteiger partial charge is 0.328 e. The highest BCUT2D eigenvalue weighted by atomic mass is 16.5. The van der Waals surface area contributed by atoms with Gasteiger partial charge in [-0.15, -0.1) is 0 Å². The summed E-state index contributed by atoms with van der Waals surface area (Å²) in [4.78, 5) is 114. The lowest BCUT2D eigenvalue weighted by molar-refractivity contribution is -0.150. The van der Waals surface area contributed by atoms with Crippen LogP contribution in [0.15, 0.2) is 146 Å². The molecule has 0 spiro atoms. The number of esters is 5. The summed E-state index contributed by atoms with van der Waals surface area (Å²) in [6.07, 6.45) is 0.796. The van der Waals surface area contributed by atoms with Gasteiger partial charge in [-0.05, 0) is 47.1 Å². The third kappa shape index (κ3) is 24.9. The van der Waals surface area contributed by atoms with Gasteiger partial charge in [0.05, 0.1) is 39.2 Å². The fourth-order valence-electron chi connectivity index (χ4n) is 9.37. The number of hydrogen-bond acceptors (Lipinski definition) is 18. The molecule has 1 fully saturated rings. The molecule has 1 aliphatic heterocycles. The molecule has 2 unspecified atom stereocenters. The van der Waals surface area contributed by atoms with Crippen LogP contribution in [0, 0.1) is 5.92 Å². The van der Waals surface area contributed by atoms with Gasteiger partial charge in [0.25, 0.3) is 0 Å². The number of aryl methyl sites for hydroxylation is 1. The number of amides is 1. The molecule has 84 heavy (non-hydrogen) atoms. The molecule has 6 rings (SSSR count). The number of carbonyl (C=O) groups is 8. The fourth-order valence-corrected chi connectivity index (χ4v) is 9.37. The molecular weight excluding hydrogens is 1070 g/mol. The van der Waals surface area contributed by atoms with Crippen molar-refractivity contribution >= 4 is 47.3 Å². The van der Waals surface area contributed by atoms with E-state index in [1.165, 1.54) is 7.11 Å². The van der Waals surface area contributed by atoms with Crippen molar-refractivity contribution in [2.45, 2.75) is 77.4 Å². The number of methoxy groups -OCH3 is 1. The maximum Gasteiger partial charge on any atom is 0.328 e. The normalized spacial score (nSPS) is 14.5. The first-order valence-electron chi connectivity index (χ1n) is 28.6. The van der Waals surface area contributed by atoms with Crippen LogP contribution in [0.3, 0.4) is 0 Å². The van der Waals surface area contributed by atoms with E-state index in [-0.39, 0.29) is 103 Å². The maximum absolute atomic E-state index is 13.9. The molecule has 5 aromatic carbocycles. The van der Waals surface area contributed by atoms with Gasteiger partial charge in [0.15, 0.2) is 5.78 Å². The van der Waals surface area contributed by atoms with Crippen molar-refractivity contribution in [3.63, 3.8) is 0 Å². The number of nitrogens with zero attached hydrogens (tertiary/aromatic N) is 4. The number of ketones is 2. The van der Waals surface area contributed by atoms with Gasteiger partial charge in [0.1, 0.15) is 38.3 Å². The fraction of sp³-hybridized carbons (Fsp3) is 0.415. The van der Waals surface area contributed by atoms with E-state index in [2.05, 4.69) is 5.32 Å². The number of aliphatic hydroxyl groups is 1. The lowest BCUT2D eigenvalue weighted by atomic mass is 9.93. The number of nitrogens with one attached hydrogen (secondary N) is 1. The Labute approximate surface area is 492 Å². The van der Waals surface area contributed by atoms with E-state index in [9.17, 15) is 43.5 Å². The van der Waals surface area contributed by atoms with Crippen LogP contribution in [-0.2, 0) is 90.1 Å². The number of rotatable bonds is 31. The largest absolute Gasteiger partial charge is 0.467 e. The molecular formula is C65H79N5O14. The molecule has 0 aromatic heterocycles. The van der Waals surface area contributed by atoms with E-state index in [4.69, 9.17) is 23.7 Å². The van der Waals surface area contributed by atoms with Gasteiger partial charge in [-0.1, -0.05) is 146 Å². The van der Waals surface area contributed by atoms with Crippen LogP contribution in [0.1, 0.15) is 76.7 Å². The SMILES string of the molecule is COC(=O)C(CCO)NC(=O)CCC(CC(=O)c1ccc(CCCC(=O)CN2CCN(CC(=O)OCc3ccccc3)CCN(CC(=O)OCc3ccccc3)CCN(CC(=O)OCc3ccccc3)CC2)cc1)C(=O)OCc1ccccc1. The molecule has 5 aromatic rings. The second kappa shape index (κ2) is 36.6. The van der Waals surface area contributed by atoms with Crippen LogP contribution in [0.25, 0.3) is 0 Å². The summed E-state index contributed by atoms with van der Waals surface area (Å²) in [5.74, 6) is -4.45. The van der Waals surface area contributed by atoms with Gasteiger partial charge < -0.3 is 34.1 Å². The predicted molar refractivity (Wildman–Crippen MR) is 312 cm³/mol. The number of hydrogen-bond donors (Lipinski definition) is 2. The topological polar surface area (TPSA) is 228 Å². The standard InChI is InChI=1S/C65H79N5O14/c1-80-65(79)58(31-40-71)66-60(74)30-29-56(64(78)84-49-54-21-12-5-13-22-54)41-59(73)55-27-25-50(26-28-55)23-14-24-57(72)42-67-32-34-68(43-61(75)81-46-51-15-6-2-7-16-51)36-38-70(45-63(77)83-48-53-19-10-4-11-20-53)39-37-69(35-33-67)44-62(76)82-47-52-17-8-3-9-18-52/h2-13,15-22,25-28,56,58,71H,14,23-24,29-49H2,1H3,(H,66,74). The van der Waals surface area contributed by atoms with Crippen molar-refractivity contribution in [3.8, 4) is 0 Å². The van der Waals surface area contributed by atoms with E-state index in [0.29, 0.717) is 70.8 Å². The molecule has 0 aliphatic carbocycles. The summed E-state index contributed by atoms with van der Waals surface area (Å²) in [7, 11) is 1.17. The third-order valence-electron chi connectivity index (χ3n) is 14.3. The molecule has 1 heterocycles. The molecule has 2 atom stereocenters. The van der Waals surface area contributed by atoms with Crippen molar-refractivity contribution in [2.75, 3.05) is 92.3 Å². The van der Waals surface area contributed by atoms with Crippen molar-refractivity contribution in [1.29, 1.82) is 0 Å². The molecule has 0 radical (unpaired) electrons. The van der Waals surface area contributed by atoms with Crippen molar-refractivity contribution in [2.24, 2.45) is 5.92 Å². The molecule has 0 saturated carbocycles. The predicted octanol–water partition coefficient (Wildman–Crippen LogP) is 5.78. The Hall–Kier alpha value is -7.94. The minimum Gasteiger partial charge on any atom is -0.467 e. The van der Waals surface area contributed by atoms with E-state index in [0.717, 1.165) is 27.8 Å². The van der Waals surface area contributed by atoms with Crippen molar-refractivity contribution in [3.05, 3.63) is 179 Å². The minimum absolute atomic E-state index is 0.00446. The Balaban J connectivity index is 1.07. The number of ether oxygens (including phenoxy) is 5. The first-order valence-corrected chi connectivity index (χ1v) is 28.6. The molecule has 0 bridgehead atoms. The summed E-state index contributed by atoms with van der Waals surface area (Å²) in [6, 6.07) is 43.2. The number of carbonyl (C=O) groups excluding carboxylic acids is 8. The third-order valence-corrected chi connectivity index (χ3v) is 14.3. The average molecular weight is 1150 g/mol. The van der Waals surface area contributed by atoms with E-state index >= 15 is 0 Å². The van der Waals surface area contributed by atoms with Crippen LogP contribution < -0.4 is 5.32 Å². The summed E-state index contributed by atoms with van der Waals surface area (Å²) in [5, 5.41) is 11.9. The van der Waals surface area contributed by atoms with Crippen molar-refractivity contribution < 1.29 is 67.1 Å². The average Bonchev–Trinajstić information content (AvgIpc) is 3.58. The summed E-state index contributed by atoms with van der Waals surface area (Å²) >= 11 is 0. The number of benzene rings is 5. The zero-order chi connectivity index (χ0) is 59.7. The van der Waals surface area contributed by atoms with Crippen molar-refractivity contribution in [1.82, 2.24) is 24.9 Å². The highest BCUT2D eigenvalue weighted by Crippen LogP contribution is 2.20. The van der Waals surface area contributed by atoms with E-state index in [1.54, 1.807) is 24.3 Å². The van der Waals surface area contributed by atoms with Gasteiger partial charge in [0, 0.05) is 90.2 Å². The first kappa shape index (κ1) is 65.2. The van der Waals surface area contributed by atoms with E-state index < -0.39 is 47.7 Å². The molecule has 1 saturated heterocycles. The van der Waals surface area contributed by atoms with Crippen LogP contribution >= 0.6 is 0 Å². The second-order valence-corrected chi connectivity index (χ2v) is 20.7. The number of aliphatic hydroxyl groups excluding tert-OH is 1. The zero-order valence-corrected chi connectivity index (χ0v) is 48.0. The highest BCUT2D eigenvalue weighted by molar-refractivity contribution is 5.98. The second-order valence-electron chi connectivity index (χ2n) is 20.7. The Morgan fingerprint density at radius 1 is 0.464 bits per heavy atom. The highest BCUT2D eigenvalue weighted by Gasteiger charge is 2.28. The zero-order valence-electron chi connectivity index (χ0n) is 48.0. The molecule has 1 aliphatic rings. The monoisotopic (exact) mass is 1150 g/mol. The van der Waals surface area contributed by atoms with Gasteiger partial charge in [-0.2, -0.15) is 0 Å². The molecule has 1 amide bonds. The lowest BCUT2D eigenvalue weighted by Gasteiger charge is -2.33. The number of Topliss-reactive ketones (excluding diaryl/α,β-unsaturated/α-hetero) is 2. The van der Waals surface area contributed by atoms with Crippen LogP contribution in [0.2, 0.25) is 0 Å². The Morgan fingerprint density at radius 2 is 0.857 bits per heavy atom. The van der Waals surface area contributed by atoms with Gasteiger partial charge in [-0.25, -0.2) is 4.79 Å². The summed E-state index contributed by atoms with van der Waals surface area (Å²) < 4.78 is 27.4. The van der Waals surface area contributed by atoms with Crippen LogP contribution in [0.5, 0.6) is 0 Å². The minimum atomic E-state index is -1.07. The molecule has 19 heteroatoms. The van der Waals surface area contributed by atoms with Crippen LogP contribution in [0.4, 0.5) is 0 Å². The van der Waals surface area contributed by atoms with Gasteiger partial charge >= 0.3 is 29.8 Å². The first-order chi connectivity index (χ1) is 40.8. The Bertz CT molecular complexity index is 2750. The lowest BCUT2D eigenvalue weighted by Crippen LogP contribution is -2.49. The Kier molecular flexibility index (Phi) is 28.4. The summed E-state index contributed by atoms with van der Waals surface area (Å²) in [6.45, 7) is 3.26. The van der Waals surface area contributed by atoms with Crippen LogP contribution in [-0.4, -0.2) is 170 Å². The molecule has 448 valence electrons. The van der Waals surface area contributed by atoms with Gasteiger partial charge in [0.2, 0.25) is 5.91 Å². The summed E-state index contributed by atoms with van der Waals surface area (Å²) in [5.41, 5.74) is 4.58. The van der Waals surface area contributed by atoms with Gasteiger partial charge in [-0.3, -0.25) is 53.2 Å².